The molecule has 0 unspecified atom stereocenters. The molecule has 2 nitrogen and oxygen atoms in total. The summed E-state index contributed by atoms with van der Waals surface area (Å²) in [5.41, 5.74) is 0.202. The van der Waals surface area contributed by atoms with Gasteiger partial charge in [-0.15, -0.1) is 0 Å². The van der Waals surface area contributed by atoms with Gasteiger partial charge in [-0.25, -0.2) is 0 Å². The van der Waals surface area contributed by atoms with Crippen molar-refractivity contribution in [3.05, 3.63) is 163 Å². The van der Waals surface area contributed by atoms with Crippen molar-refractivity contribution in [1.29, 1.82) is 0 Å². The van der Waals surface area contributed by atoms with Crippen LogP contribution in [-0.2, 0) is 0 Å². The van der Waals surface area contributed by atoms with Crippen LogP contribution in [0.1, 0.15) is 26.0 Å². The van der Waals surface area contributed by atoms with E-state index in [1.165, 1.54) is 0 Å². The van der Waals surface area contributed by atoms with Gasteiger partial charge in [-0.2, -0.15) is 0 Å². The first-order chi connectivity index (χ1) is 30.7. The smallest absolute Gasteiger partial charge is 0.135 e. The molecule has 0 N–H and O–H groups in total. The van der Waals surface area contributed by atoms with E-state index in [9.17, 15) is 5.48 Å². The Morgan fingerprint density at radius 3 is 2.20 bits per heavy atom. The Bertz CT molecular complexity index is 3690. The summed E-state index contributed by atoms with van der Waals surface area (Å²) in [5.74, 6) is 0.768. The van der Waals surface area contributed by atoms with Crippen LogP contribution in [0.2, 0.25) is 0 Å². The summed E-state index contributed by atoms with van der Waals surface area (Å²) in [6, 6.07) is 1.38. The van der Waals surface area contributed by atoms with Crippen LogP contribution in [0.15, 0.2) is 163 Å². The van der Waals surface area contributed by atoms with Crippen molar-refractivity contribution in [2.45, 2.75) is 0 Å². The van der Waals surface area contributed by atoms with Crippen LogP contribution in [-0.4, -0.2) is 4.57 Å². The van der Waals surface area contributed by atoms with Crippen molar-refractivity contribution < 1.29 is 30.8 Å². The van der Waals surface area contributed by atoms with Gasteiger partial charge < -0.3 is 9.30 Å². The van der Waals surface area contributed by atoms with E-state index in [0.717, 1.165) is 4.57 Å². The van der Waals surface area contributed by atoms with Gasteiger partial charge in [0, 0.05) is 32.8 Å². The molecule has 0 fully saturated rings. The largest absolute Gasteiger partial charge is 0.456 e. The molecular weight excluding hydrogens is 558 g/mol. The zero-order chi connectivity index (χ0) is 46.7. The van der Waals surface area contributed by atoms with Crippen molar-refractivity contribution in [1.82, 2.24) is 4.57 Å². The second-order valence-electron chi connectivity index (χ2n) is 10.7. The predicted octanol–water partition coefficient (Wildman–Crippen LogP) is 12.2. The zero-order valence-corrected chi connectivity index (χ0v) is 23.5. The van der Waals surface area contributed by atoms with Gasteiger partial charge in [0.2, 0.25) is 0 Å². The molecule has 0 radical (unpaired) electrons. The molecule has 0 spiro atoms. The molecule has 2 heteroatoms. The summed E-state index contributed by atoms with van der Waals surface area (Å²) in [6.45, 7) is 0. The predicted molar refractivity (Wildman–Crippen MR) is 192 cm³/mol. The first-order valence-corrected chi connectivity index (χ1v) is 14.2. The Morgan fingerprint density at radius 1 is 0.500 bits per heavy atom. The number of para-hydroxylation sites is 1. The Balaban J connectivity index is 1.31. The second-order valence-corrected chi connectivity index (χ2v) is 10.7. The monoisotopic (exact) mass is 604 g/mol. The van der Waals surface area contributed by atoms with E-state index in [0.29, 0.717) is 39.0 Å². The molecule has 0 bridgehead atoms. The Hall–Kier alpha value is -6.12. The second kappa shape index (κ2) is 9.69. The average Bonchev–Trinajstić information content (AvgIpc) is 3.64. The average molecular weight is 605 g/mol. The van der Waals surface area contributed by atoms with Gasteiger partial charge in [0.25, 0.3) is 0 Å². The maximum Gasteiger partial charge on any atom is 0.135 e. The van der Waals surface area contributed by atoms with Gasteiger partial charge >= 0.3 is 0 Å². The fourth-order valence-corrected chi connectivity index (χ4v) is 6.27. The summed E-state index contributed by atoms with van der Waals surface area (Å²) >= 11 is 0. The van der Waals surface area contributed by atoms with Crippen LogP contribution in [0.5, 0.6) is 11.5 Å². The molecule has 9 aromatic rings. The lowest BCUT2D eigenvalue weighted by molar-refractivity contribution is 0.487. The molecular formula is C44H27NO. The summed E-state index contributed by atoms with van der Waals surface area (Å²) in [5, 5.41) is -0.257. The van der Waals surface area contributed by atoms with Gasteiger partial charge in [0.05, 0.1) is 37.1 Å². The third-order valence-corrected chi connectivity index (χ3v) is 8.22. The fourth-order valence-electron chi connectivity index (χ4n) is 6.27. The van der Waals surface area contributed by atoms with E-state index < -0.39 is 126 Å². The quantitative estimate of drug-likeness (QED) is 0.196. The maximum atomic E-state index is 9.81. The van der Waals surface area contributed by atoms with E-state index in [4.69, 9.17) is 25.3 Å². The molecule has 1 aliphatic rings. The third-order valence-electron chi connectivity index (χ3n) is 8.22. The summed E-state index contributed by atoms with van der Waals surface area (Å²) < 4.78 is 174. The lowest BCUT2D eigenvalue weighted by Gasteiger charge is -2.23. The number of rotatable bonds is 3. The van der Waals surface area contributed by atoms with Gasteiger partial charge in [-0.1, -0.05) is 121 Å². The number of hydrogen-bond donors (Lipinski definition) is 0. The summed E-state index contributed by atoms with van der Waals surface area (Å²) in [6.07, 6.45) is 0. The van der Waals surface area contributed by atoms with Gasteiger partial charge in [-0.3, -0.25) is 0 Å². The first kappa shape index (κ1) is 13.1. The minimum Gasteiger partial charge on any atom is -0.456 e. The Kier molecular flexibility index (Phi) is 2.76. The van der Waals surface area contributed by atoms with Crippen LogP contribution in [0, 0.1) is 0 Å². The van der Waals surface area contributed by atoms with Crippen LogP contribution >= 0.6 is 0 Å². The lowest BCUT2D eigenvalue weighted by Crippen LogP contribution is -1.98. The molecule has 0 aliphatic carbocycles. The standard InChI is InChI=1S/C44H27NO/c1-3-10-28(11-4-1)33-22-25-42-43-35(33)16-9-17-36(43)39-27-31(20-24-41(39)46-42)30-19-23-40-38(26-30)37-21-18-29-12-7-8-15-34(29)44(37)45(40)32-13-5-2-6-14-32/h1-27H/i1D,2D,3D,4D,5D,6D,7D,8D,10D,11D,12D,13D,14D,15D,18D,19D,21D,23D,26D. The van der Waals surface area contributed by atoms with Crippen molar-refractivity contribution >= 4 is 43.4 Å². The van der Waals surface area contributed by atoms with Gasteiger partial charge in [-0.05, 0) is 81.0 Å². The Morgan fingerprint density at radius 2 is 1.30 bits per heavy atom. The van der Waals surface area contributed by atoms with E-state index >= 15 is 0 Å². The van der Waals surface area contributed by atoms with Gasteiger partial charge in [0.1, 0.15) is 11.5 Å². The van der Waals surface area contributed by atoms with E-state index in [1.807, 2.05) is 0 Å². The number of fused-ring (bicyclic) bond motifs is 7. The SMILES string of the molecule is [2H]c1c([2H])c([2H])c(-c2ccc3c4c(cccc24)-c2cc(-c4c([2H])c([2H])c5c(c4[2H])c4c([2H])c([2H])c6c([2H])c([2H])c([2H])c([2H])c6c4n5-c4c([2H])c([2H])c([2H])c([2H])c4[2H])ccc2O3)c([2H])c1[2H]. The van der Waals surface area contributed by atoms with Crippen LogP contribution in [0.25, 0.3) is 82.4 Å². The van der Waals surface area contributed by atoms with E-state index in [-0.39, 0.29) is 43.9 Å². The van der Waals surface area contributed by atoms with E-state index in [1.54, 1.807) is 48.5 Å². The van der Waals surface area contributed by atoms with Crippen molar-refractivity contribution in [2.24, 2.45) is 0 Å². The first-order valence-electron chi connectivity index (χ1n) is 23.7. The lowest BCUT2D eigenvalue weighted by atomic mass is 9.89. The number of hydrogen-bond acceptors (Lipinski definition) is 1. The highest BCUT2D eigenvalue weighted by Crippen LogP contribution is 2.49. The number of nitrogens with zero attached hydrogens (tertiary/aromatic N) is 1. The maximum absolute atomic E-state index is 9.81. The normalized spacial score (nSPS) is 17.9. The highest BCUT2D eigenvalue weighted by molar-refractivity contribution is 6.19. The van der Waals surface area contributed by atoms with Crippen LogP contribution in [0.3, 0.4) is 0 Å². The molecule has 0 saturated heterocycles. The molecule has 1 aliphatic heterocycles. The molecule has 0 saturated carbocycles. The molecule has 1 aromatic heterocycles. The molecule has 0 atom stereocenters. The van der Waals surface area contributed by atoms with Crippen molar-refractivity contribution in [3.63, 3.8) is 0 Å². The summed E-state index contributed by atoms with van der Waals surface area (Å²) in [4.78, 5) is 0. The topological polar surface area (TPSA) is 14.2 Å². The Labute approximate surface area is 293 Å². The molecule has 8 aromatic carbocycles. The molecule has 2 heterocycles. The molecule has 214 valence electrons. The minimum atomic E-state index is -0.779. The third kappa shape index (κ3) is 3.65. The molecule has 10 rings (SSSR count). The highest BCUT2D eigenvalue weighted by atomic mass is 16.5. The van der Waals surface area contributed by atoms with Gasteiger partial charge in [0.15, 0.2) is 0 Å². The molecule has 0 amide bonds. The van der Waals surface area contributed by atoms with Crippen LogP contribution in [0.4, 0.5) is 0 Å². The van der Waals surface area contributed by atoms with Crippen molar-refractivity contribution in [3.8, 4) is 50.6 Å². The molecule has 46 heavy (non-hydrogen) atoms. The minimum absolute atomic E-state index is 0.0102. The summed E-state index contributed by atoms with van der Waals surface area (Å²) in [7, 11) is 0. The van der Waals surface area contributed by atoms with Crippen LogP contribution < -0.4 is 4.74 Å². The van der Waals surface area contributed by atoms with E-state index in [2.05, 4.69) is 0 Å². The van der Waals surface area contributed by atoms with Crippen molar-refractivity contribution in [2.75, 3.05) is 0 Å². The fraction of sp³-hybridized carbons (Fsp3) is 0. The zero-order valence-electron chi connectivity index (χ0n) is 42.5. The number of benzene rings is 8. The number of ether oxygens (including phenoxy) is 1. The highest BCUT2D eigenvalue weighted by Gasteiger charge is 2.23. The number of aromatic nitrogens is 1.